The number of halogens is 3. The van der Waals surface area contributed by atoms with Gasteiger partial charge >= 0.3 is 12.3 Å². The molecule has 11 nitrogen and oxygen atoms in total. The van der Waals surface area contributed by atoms with Crippen LogP contribution in [0.4, 0.5) is 18.3 Å². The highest BCUT2D eigenvalue weighted by molar-refractivity contribution is 7.89. The van der Waals surface area contributed by atoms with Gasteiger partial charge < -0.3 is 24.8 Å². The normalized spacial score (nSPS) is 16.6. The molecule has 1 fully saturated rings. The van der Waals surface area contributed by atoms with Crippen LogP contribution in [0.5, 0.6) is 5.75 Å². The number of anilines is 1. The number of carbonyl (C=O) groups excluding carboxylic acids is 2. The average Bonchev–Trinajstić information content (AvgIpc) is 3.41. The van der Waals surface area contributed by atoms with Gasteiger partial charge in [0.2, 0.25) is 15.9 Å². The van der Waals surface area contributed by atoms with Gasteiger partial charge in [-0.15, -0.1) is 13.2 Å². The summed E-state index contributed by atoms with van der Waals surface area (Å²) in [5, 5.41) is 13.7. The van der Waals surface area contributed by atoms with Gasteiger partial charge in [-0.1, -0.05) is 48.9 Å². The number of esters is 1. The Morgan fingerprint density at radius 3 is 2.35 bits per heavy atom. The number of piperazine rings is 1. The van der Waals surface area contributed by atoms with Gasteiger partial charge in [0.1, 0.15) is 11.8 Å². The number of nitrogens with zero attached hydrogens (tertiary/aromatic N) is 3. The molecule has 0 saturated carbocycles. The predicted octanol–water partition coefficient (Wildman–Crippen LogP) is 4.10. The second kappa shape index (κ2) is 14.8. The van der Waals surface area contributed by atoms with Crippen molar-refractivity contribution in [3.8, 4) is 5.75 Å². The van der Waals surface area contributed by atoms with E-state index in [0.29, 0.717) is 10.8 Å². The maximum absolute atomic E-state index is 13.8. The first-order chi connectivity index (χ1) is 21.7. The third kappa shape index (κ3) is 8.54. The zero-order valence-electron chi connectivity index (χ0n) is 25.4. The van der Waals surface area contributed by atoms with E-state index in [1.165, 1.54) is 0 Å². The van der Waals surface area contributed by atoms with E-state index < -0.39 is 46.2 Å². The van der Waals surface area contributed by atoms with Crippen LogP contribution in [0.2, 0.25) is 0 Å². The topological polar surface area (TPSA) is 138 Å². The summed E-state index contributed by atoms with van der Waals surface area (Å²) in [5.74, 6) is -2.01. The van der Waals surface area contributed by atoms with E-state index in [0.717, 1.165) is 63.9 Å². The van der Waals surface area contributed by atoms with Crippen LogP contribution in [0.3, 0.4) is 0 Å². The highest BCUT2D eigenvalue weighted by Gasteiger charge is 2.41. The minimum Gasteiger partial charge on any atom is -0.464 e. The minimum atomic E-state index is -4.95. The number of carbonyl (C=O) groups is 2. The second-order valence-electron chi connectivity index (χ2n) is 10.5. The Hall–Kier alpha value is -3.73. The molecule has 1 unspecified atom stereocenters. The summed E-state index contributed by atoms with van der Waals surface area (Å²) in [7, 11) is -4.36. The van der Waals surface area contributed by atoms with Gasteiger partial charge in [-0.05, 0) is 55.7 Å². The number of aliphatic hydroxyl groups excluding tert-OH is 1. The molecule has 1 aliphatic rings. The number of alkyl halides is 3. The maximum Gasteiger partial charge on any atom is 0.573 e. The Labute approximate surface area is 269 Å². The fourth-order valence-corrected chi connectivity index (χ4v) is 7.57. The Morgan fingerprint density at radius 1 is 1.09 bits per heavy atom. The molecule has 0 bridgehead atoms. The zero-order chi connectivity index (χ0) is 33.6. The number of aliphatic hydroxyl groups is 1. The molecule has 46 heavy (non-hydrogen) atoms. The molecular weight excluding hydrogens is 649 g/mol. The van der Waals surface area contributed by atoms with E-state index in [2.05, 4.69) is 22.0 Å². The van der Waals surface area contributed by atoms with Crippen LogP contribution in [0.15, 0.2) is 53.4 Å². The number of amides is 1. The van der Waals surface area contributed by atoms with Crippen LogP contribution >= 0.6 is 11.3 Å². The molecule has 1 aliphatic heterocycles. The molecule has 3 aromatic rings. The van der Waals surface area contributed by atoms with Gasteiger partial charge in [-0.25, -0.2) is 18.2 Å². The number of sulfonamides is 1. The summed E-state index contributed by atoms with van der Waals surface area (Å²) in [4.78, 5) is 31.9. The van der Waals surface area contributed by atoms with Gasteiger partial charge in [-0.2, -0.15) is 4.31 Å². The number of benzene rings is 2. The maximum atomic E-state index is 13.8. The largest absolute Gasteiger partial charge is 0.573 e. The molecule has 0 aliphatic carbocycles. The van der Waals surface area contributed by atoms with Crippen molar-refractivity contribution >= 4 is 38.4 Å². The molecule has 4 rings (SSSR count). The van der Waals surface area contributed by atoms with Gasteiger partial charge in [-0.3, -0.25) is 4.79 Å². The summed E-state index contributed by atoms with van der Waals surface area (Å²) < 4.78 is 75.2. The number of hydrogen-bond acceptors (Lipinski definition) is 10. The van der Waals surface area contributed by atoms with E-state index in [1.54, 1.807) is 18.7 Å². The highest BCUT2D eigenvalue weighted by Crippen LogP contribution is 2.34. The van der Waals surface area contributed by atoms with Crippen molar-refractivity contribution in [1.82, 2.24) is 14.6 Å². The average molecular weight is 685 g/mol. The van der Waals surface area contributed by atoms with E-state index in [4.69, 9.17) is 4.74 Å². The summed E-state index contributed by atoms with van der Waals surface area (Å²) in [6.07, 6.45) is -4.61. The molecule has 1 amide bonds. The SMILES string of the molecule is CCCc1ccc(CNC(=O)[C@H]2CN(c3nc(C)c(C(O)C(=O)OCC)s3)CCN2S(=O)(=O)c2ccc(OC(F)(F)F)cc2)cc1. The summed E-state index contributed by atoms with van der Waals surface area (Å²) in [6.45, 7) is 5.31. The van der Waals surface area contributed by atoms with Gasteiger partial charge in [0.05, 0.1) is 22.1 Å². The van der Waals surface area contributed by atoms with Crippen LogP contribution in [0.25, 0.3) is 0 Å². The lowest BCUT2D eigenvalue weighted by atomic mass is 10.1. The summed E-state index contributed by atoms with van der Waals surface area (Å²) >= 11 is 1.03. The molecule has 2 N–H and O–H groups in total. The quantitative estimate of drug-likeness (QED) is 0.270. The van der Waals surface area contributed by atoms with Gasteiger partial charge in [0.15, 0.2) is 11.2 Å². The number of ether oxygens (including phenoxy) is 2. The first-order valence-corrected chi connectivity index (χ1v) is 16.8. The molecule has 250 valence electrons. The van der Waals surface area contributed by atoms with Crippen LogP contribution in [0.1, 0.15) is 48.1 Å². The van der Waals surface area contributed by atoms with Crippen molar-refractivity contribution in [2.75, 3.05) is 31.1 Å². The number of nitrogens with one attached hydrogen (secondary N) is 1. The van der Waals surface area contributed by atoms with Crippen molar-refractivity contribution in [3.63, 3.8) is 0 Å². The Balaban J connectivity index is 1.59. The monoisotopic (exact) mass is 684 g/mol. The molecule has 2 atom stereocenters. The van der Waals surface area contributed by atoms with Crippen LogP contribution in [-0.2, 0) is 37.3 Å². The molecule has 2 aromatic carbocycles. The van der Waals surface area contributed by atoms with Crippen molar-refractivity contribution in [1.29, 1.82) is 0 Å². The van der Waals surface area contributed by atoms with Crippen molar-refractivity contribution in [2.24, 2.45) is 0 Å². The summed E-state index contributed by atoms with van der Waals surface area (Å²) in [6, 6.07) is 10.2. The smallest absolute Gasteiger partial charge is 0.464 e. The standard InChI is InChI=1S/C30H35F3N4O7S2/c1-4-6-20-7-9-21(10-8-20)17-34-27(39)24-18-36(29-35-19(3)26(45-29)25(38)28(40)43-5-2)15-16-37(24)46(41,42)23-13-11-22(12-14-23)44-30(31,32)33/h7-14,24-25,38H,4-6,15-18H2,1-3H3,(H,34,39)/t24-,25?/m1/s1. The Morgan fingerprint density at radius 2 is 1.74 bits per heavy atom. The van der Waals surface area contributed by atoms with E-state index in [-0.39, 0.29) is 42.6 Å². The number of hydrogen-bond donors (Lipinski definition) is 2. The predicted molar refractivity (Wildman–Crippen MR) is 164 cm³/mol. The number of aromatic nitrogens is 1. The third-order valence-corrected chi connectivity index (χ3v) is 10.4. The molecule has 0 spiro atoms. The Bertz CT molecular complexity index is 1610. The van der Waals surface area contributed by atoms with E-state index in [1.807, 2.05) is 24.3 Å². The first-order valence-electron chi connectivity index (χ1n) is 14.5. The molecule has 2 heterocycles. The van der Waals surface area contributed by atoms with Crippen molar-refractivity contribution in [3.05, 3.63) is 70.2 Å². The number of aryl methyl sites for hydroxylation is 2. The number of thiazole rings is 1. The fourth-order valence-electron chi connectivity index (χ4n) is 4.92. The number of rotatable bonds is 12. The van der Waals surface area contributed by atoms with Crippen molar-refractivity contribution < 1.29 is 45.8 Å². The van der Waals surface area contributed by atoms with E-state index >= 15 is 0 Å². The zero-order valence-corrected chi connectivity index (χ0v) is 27.0. The molecule has 0 radical (unpaired) electrons. The summed E-state index contributed by atoms with van der Waals surface area (Å²) in [5.41, 5.74) is 2.34. The molecule has 1 saturated heterocycles. The van der Waals surface area contributed by atoms with Gasteiger partial charge in [0.25, 0.3) is 0 Å². The highest BCUT2D eigenvalue weighted by atomic mass is 32.2. The molecule has 1 aromatic heterocycles. The second-order valence-corrected chi connectivity index (χ2v) is 13.4. The van der Waals surface area contributed by atoms with Crippen LogP contribution < -0.4 is 15.0 Å². The lowest BCUT2D eigenvalue weighted by Gasteiger charge is -2.39. The minimum absolute atomic E-state index is 0.0782. The fraction of sp³-hybridized carbons (Fsp3) is 0.433. The van der Waals surface area contributed by atoms with Gasteiger partial charge in [0, 0.05) is 26.2 Å². The van der Waals surface area contributed by atoms with Crippen LogP contribution in [-0.4, -0.2) is 73.3 Å². The first kappa shape index (κ1) is 35.1. The Kier molecular flexibility index (Phi) is 11.3. The van der Waals surface area contributed by atoms with Crippen molar-refractivity contribution in [2.45, 2.75) is 63.6 Å². The molecular formula is C30H35F3N4O7S2. The van der Waals surface area contributed by atoms with E-state index in [9.17, 15) is 36.3 Å². The third-order valence-electron chi connectivity index (χ3n) is 7.18. The lowest BCUT2D eigenvalue weighted by Crippen LogP contribution is -2.60. The lowest BCUT2D eigenvalue weighted by molar-refractivity contribution is -0.274. The van der Waals surface area contributed by atoms with Crippen LogP contribution in [0, 0.1) is 6.92 Å². The molecule has 16 heteroatoms.